The molecule has 0 aromatic heterocycles. The van der Waals surface area contributed by atoms with E-state index in [2.05, 4.69) is 18.4 Å². The SMILES string of the molecule is C=C(CO)CC#CCC=CC. The van der Waals surface area contributed by atoms with Gasteiger partial charge in [0.1, 0.15) is 0 Å². The Hall–Kier alpha value is -1.00. The molecule has 0 aromatic carbocycles. The van der Waals surface area contributed by atoms with Gasteiger partial charge in [-0.25, -0.2) is 0 Å². The summed E-state index contributed by atoms with van der Waals surface area (Å²) in [4.78, 5) is 0. The van der Waals surface area contributed by atoms with Crippen LogP contribution in [0.5, 0.6) is 0 Å². The van der Waals surface area contributed by atoms with Crippen molar-refractivity contribution >= 4 is 0 Å². The highest BCUT2D eigenvalue weighted by atomic mass is 16.3. The van der Waals surface area contributed by atoms with Gasteiger partial charge in [0.2, 0.25) is 0 Å². The molecule has 0 amide bonds. The van der Waals surface area contributed by atoms with Gasteiger partial charge in [-0.15, -0.1) is 0 Å². The molecule has 0 saturated heterocycles. The van der Waals surface area contributed by atoms with Crippen molar-refractivity contribution < 1.29 is 5.11 Å². The Balaban J connectivity index is 3.47. The second-order valence-corrected chi connectivity index (χ2v) is 2.21. The van der Waals surface area contributed by atoms with Gasteiger partial charge in [0, 0.05) is 12.8 Å². The molecule has 0 aliphatic rings. The normalized spacial score (nSPS) is 9.27. The second-order valence-electron chi connectivity index (χ2n) is 2.21. The molecule has 0 rings (SSSR count). The highest BCUT2D eigenvalue weighted by Gasteiger charge is 1.83. The van der Waals surface area contributed by atoms with Crippen LogP contribution in [0.4, 0.5) is 0 Å². The van der Waals surface area contributed by atoms with Crippen LogP contribution in [0, 0.1) is 11.8 Å². The summed E-state index contributed by atoms with van der Waals surface area (Å²) in [6.07, 6.45) is 5.35. The monoisotopic (exact) mass is 150 g/mol. The first-order chi connectivity index (χ1) is 5.31. The van der Waals surface area contributed by atoms with Gasteiger partial charge < -0.3 is 5.11 Å². The van der Waals surface area contributed by atoms with Crippen LogP contribution < -0.4 is 0 Å². The van der Waals surface area contributed by atoms with Crippen LogP contribution >= 0.6 is 0 Å². The van der Waals surface area contributed by atoms with Crippen molar-refractivity contribution in [2.24, 2.45) is 0 Å². The lowest BCUT2D eigenvalue weighted by atomic mass is 10.2. The Morgan fingerprint density at radius 1 is 1.55 bits per heavy atom. The van der Waals surface area contributed by atoms with Crippen molar-refractivity contribution in [3.05, 3.63) is 24.3 Å². The van der Waals surface area contributed by atoms with Crippen LogP contribution in [0.1, 0.15) is 19.8 Å². The second kappa shape index (κ2) is 7.11. The lowest BCUT2D eigenvalue weighted by Gasteiger charge is -1.89. The molecule has 0 aromatic rings. The van der Waals surface area contributed by atoms with Crippen LogP contribution in [0.25, 0.3) is 0 Å². The van der Waals surface area contributed by atoms with E-state index in [0.717, 1.165) is 12.0 Å². The topological polar surface area (TPSA) is 20.2 Å². The molecule has 0 spiro atoms. The van der Waals surface area contributed by atoms with Crippen molar-refractivity contribution in [3.63, 3.8) is 0 Å². The summed E-state index contributed by atoms with van der Waals surface area (Å²) < 4.78 is 0. The molecule has 0 fully saturated rings. The molecule has 0 aliphatic carbocycles. The number of aliphatic hydroxyl groups is 1. The van der Waals surface area contributed by atoms with E-state index >= 15 is 0 Å². The third-order valence-electron chi connectivity index (χ3n) is 1.14. The summed E-state index contributed by atoms with van der Waals surface area (Å²) in [5, 5.41) is 8.56. The van der Waals surface area contributed by atoms with E-state index in [-0.39, 0.29) is 6.61 Å². The Morgan fingerprint density at radius 2 is 2.27 bits per heavy atom. The zero-order valence-electron chi connectivity index (χ0n) is 6.93. The molecule has 1 heteroatoms. The Morgan fingerprint density at radius 3 is 2.82 bits per heavy atom. The average Bonchev–Trinajstić information content (AvgIpc) is 2.04. The number of aliphatic hydroxyl groups excluding tert-OH is 1. The van der Waals surface area contributed by atoms with E-state index in [1.54, 1.807) is 0 Å². The molecule has 0 atom stereocenters. The lowest BCUT2D eigenvalue weighted by Crippen LogP contribution is -1.84. The van der Waals surface area contributed by atoms with Gasteiger partial charge >= 0.3 is 0 Å². The summed E-state index contributed by atoms with van der Waals surface area (Å²) in [6.45, 7) is 5.63. The summed E-state index contributed by atoms with van der Waals surface area (Å²) in [5.41, 5.74) is 0.776. The van der Waals surface area contributed by atoms with Crippen molar-refractivity contribution in [1.29, 1.82) is 0 Å². The van der Waals surface area contributed by atoms with Gasteiger partial charge in [-0.1, -0.05) is 30.6 Å². The van der Waals surface area contributed by atoms with Gasteiger partial charge in [-0.3, -0.25) is 0 Å². The molecule has 60 valence electrons. The van der Waals surface area contributed by atoms with Gasteiger partial charge in [-0.2, -0.15) is 0 Å². The molecule has 0 bridgehead atoms. The zero-order valence-corrected chi connectivity index (χ0v) is 6.93. The molecule has 1 nitrogen and oxygen atoms in total. The van der Waals surface area contributed by atoms with E-state index < -0.39 is 0 Å². The minimum atomic E-state index is 0.0400. The smallest absolute Gasteiger partial charge is 0.0648 e. The van der Waals surface area contributed by atoms with Crippen molar-refractivity contribution in [1.82, 2.24) is 0 Å². The van der Waals surface area contributed by atoms with E-state index in [1.807, 2.05) is 19.1 Å². The Labute approximate surface area is 68.4 Å². The predicted octanol–water partition coefficient (Wildman–Crippen LogP) is 1.89. The molecule has 11 heavy (non-hydrogen) atoms. The molecule has 0 aliphatic heterocycles. The number of rotatable bonds is 3. The molecular weight excluding hydrogens is 136 g/mol. The first-order valence-corrected chi connectivity index (χ1v) is 3.65. The maximum Gasteiger partial charge on any atom is 0.0648 e. The van der Waals surface area contributed by atoms with Gasteiger partial charge in [0.15, 0.2) is 0 Å². The first-order valence-electron chi connectivity index (χ1n) is 3.65. The molecule has 0 heterocycles. The maximum atomic E-state index is 8.56. The number of hydrogen-bond donors (Lipinski definition) is 1. The van der Waals surface area contributed by atoms with Crippen molar-refractivity contribution in [2.75, 3.05) is 6.61 Å². The molecular formula is C10H14O. The van der Waals surface area contributed by atoms with E-state index in [0.29, 0.717) is 6.42 Å². The van der Waals surface area contributed by atoms with E-state index in [4.69, 9.17) is 5.11 Å². The third kappa shape index (κ3) is 6.89. The van der Waals surface area contributed by atoms with E-state index in [1.165, 1.54) is 0 Å². The number of hydrogen-bond acceptors (Lipinski definition) is 1. The van der Waals surface area contributed by atoms with Crippen molar-refractivity contribution in [3.8, 4) is 11.8 Å². The first kappa shape index (κ1) is 10.0. The fraction of sp³-hybridized carbons (Fsp3) is 0.400. The summed E-state index contributed by atoms with van der Waals surface area (Å²) in [6, 6.07) is 0. The number of allylic oxidation sites excluding steroid dienone is 2. The van der Waals surface area contributed by atoms with E-state index in [9.17, 15) is 0 Å². The molecule has 1 N–H and O–H groups in total. The van der Waals surface area contributed by atoms with Crippen LogP contribution in [0.2, 0.25) is 0 Å². The summed E-state index contributed by atoms with van der Waals surface area (Å²) in [5.74, 6) is 5.85. The Kier molecular flexibility index (Phi) is 6.46. The van der Waals surface area contributed by atoms with Gasteiger partial charge in [0.25, 0.3) is 0 Å². The molecule has 0 saturated carbocycles. The maximum absolute atomic E-state index is 8.56. The lowest BCUT2D eigenvalue weighted by molar-refractivity contribution is 0.330. The fourth-order valence-corrected chi connectivity index (χ4v) is 0.492. The Bertz CT molecular complexity index is 191. The highest BCUT2D eigenvalue weighted by Crippen LogP contribution is 1.92. The van der Waals surface area contributed by atoms with Crippen molar-refractivity contribution in [2.45, 2.75) is 19.8 Å². The van der Waals surface area contributed by atoms with Crippen LogP contribution in [-0.2, 0) is 0 Å². The fourth-order valence-electron chi connectivity index (χ4n) is 0.492. The van der Waals surface area contributed by atoms with Crippen LogP contribution in [0.3, 0.4) is 0 Å². The van der Waals surface area contributed by atoms with Crippen LogP contribution in [0.15, 0.2) is 24.3 Å². The quantitative estimate of drug-likeness (QED) is 0.481. The van der Waals surface area contributed by atoms with Gasteiger partial charge in [-0.05, 0) is 12.5 Å². The molecule has 0 radical (unpaired) electrons. The summed E-state index contributed by atoms with van der Waals surface area (Å²) in [7, 11) is 0. The van der Waals surface area contributed by atoms with Gasteiger partial charge in [0.05, 0.1) is 6.61 Å². The summed E-state index contributed by atoms with van der Waals surface area (Å²) >= 11 is 0. The highest BCUT2D eigenvalue weighted by molar-refractivity contribution is 5.12. The standard InChI is InChI=1S/C10H14O/c1-3-4-5-6-7-8-10(2)9-11/h3-4,11H,2,5,8-9H2,1H3. The minimum absolute atomic E-state index is 0.0400. The third-order valence-corrected chi connectivity index (χ3v) is 1.14. The predicted molar refractivity (Wildman–Crippen MR) is 48.0 cm³/mol. The zero-order chi connectivity index (χ0) is 8.53. The minimum Gasteiger partial charge on any atom is -0.392 e. The molecule has 0 unspecified atom stereocenters. The average molecular weight is 150 g/mol. The largest absolute Gasteiger partial charge is 0.392 e. The van der Waals surface area contributed by atoms with Crippen LogP contribution in [-0.4, -0.2) is 11.7 Å².